The van der Waals surface area contributed by atoms with Crippen LogP contribution in [0.25, 0.3) is 10.9 Å². The van der Waals surface area contributed by atoms with E-state index in [9.17, 15) is 29.1 Å². The second-order valence-corrected chi connectivity index (χ2v) is 10.6. The van der Waals surface area contributed by atoms with Gasteiger partial charge >= 0.3 is 5.97 Å². The molecule has 3 rings (SSSR count). The number of benzene rings is 1. The number of nitrogens with one attached hydrogen (secondary N) is 5. The minimum absolute atomic E-state index is 0.00961. The molecule has 10 N–H and O–H groups in total. The van der Waals surface area contributed by atoms with Crippen molar-refractivity contribution >= 4 is 40.5 Å². The lowest BCUT2D eigenvalue weighted by Gasteiger charge is -2.26. The Balaban J connectivity index is 1.83. The zero-order valence-corrected chi connectivity index (χ0v) is 23.6. The number of aliphatic carboxylic acids is 1. The molecule has 4 atom stereocenters. The molecular formula is C28H38N8O6. The molecular weight excluding hydrogens is 544 g/mol. The Hall–Kier alpha value is -4.72. The molecule has 0 aliphatic rings. The van der Waals surface area contributed by atoms with Gasteiger partial charge in [0, 0.05) is 48.3 Å². The highest BCUT2D eigenvalue weighted by Crippen LogP contribution is 2.19. The summed E-state index contributed by atoms with van der Waals surface area (Å²) in [5, 5.41) is 18.5. The Morgan fingerprint density at radius 2 is 1.60 bits per heavy atom. The van der Waals surface area contributed by atoms with Crippen LogP contribution < -0.4 is 27.4 Å². The zero-order chi connectivity index (χ0) is 30.8. The van der Waals surface area contributed by atoms with Gasteiger partial charge in [-0.1, -0.05) is 32.0 Å². The van der Waals surface area contributed by atoms with Crippen LogP contribution in [0.3, 0.4) is 0 Å². The highest BCUT2D eigenvalue weighted by Gasteiger charge is 2.31. The number of H-pyrrole nitrogens is 2. The van der Waals surface area contributed by atoms with Crippen molar-refractivity contribution < 1.29 is 29.1 Å². The van der Waals surface area contributed by atoms with Gasteiger partial charge in [0.25, 0.3) is 0 Å². The van der Waals surface area contributed by atoms with Gasteiger partial charge in [-0.05, 0) is 30.4 Å². The number of amides is 4. The lowest BCUT2D eigenvalue weighted by Crippen LogP contribution is -2.58. The zero-order valence-electron chi connectivity index (χ0n) is 23.6. The molecule has 0 fully saturated rings. The van der Waals surface area contributed by atoms with E-state index in [1.807, 2.05) is 38.1 Å². The Morgan fingerprint density at radius 3 is 2.24 bits per heavy atom. The highest BCUT2D eigenvalue weighted by atomic mass is 16.4. The fourth-order valence-electron chi connectivity index (χ4n) is 4.50. The van der Waals surface area contributed by atoms with E-state index >= 15 is 0 Å². The topological polar surface area (TPSA) is 238 Å². The number of carboxylic acid groups (broad SMARTS) is 1. The van der Waals surface area contributed by atoms with Gasteiger partial charge in [-0.15, -0.1) is 0 Å². The molecule has 1 aromatic carbocycles. The lowest BCUT2D eigenvalue weighted by atomic mass is 10.00. The fourth-order valence-corrected chi connectivity index (χ4v) is 4.50. The number of rotatable bonds is 16. The Bertz CT molecular complexity index is 1390. The van der Waals surface area contributed by atoms with Crippen LogP contribution in [0.15, 0.2) is 43.0 Å². The number of hydrogen-bond acceptors (Lipinski definition) is 7. The minimum atomic E-state index is -1.30. The van der Waals surface area contributed by atoms with E-state index in [2.05, 4.69) is 30.9 Å². The normalized spacial score (nSPS) is 14.1. The molecule has 42 heavy (non-hydrogen) atoms. The number of imidazole rings is 1. The molecule has 3 aromatic rings. The predicted molar refractivity (Wildman–Crippen MR) is 154 cm³/mol. The molecule has 0 bridgehead atoms. The van der Waals surface area contributed by atoms with Crippen molar-refractivity contribution in [1.82, 2.24) is 30.9 Å². The number of nitrogens with two attached hydrogens (primary N) is 2. The van der Waals surface area contributed by atoms with E-state index in [0.717, 1.165) is 16.5 Å². The average molecular weight is 583 g/mol. The number of para-hydroxylation sites is 1. The van der Waals surface area contributed by atoms with Gasteiger partial charge in [-0.3, -0.25) is 19.2 Å². The maximum Gasteiger partial charge on any atom is 0.326 e. The molecule has 226 valence electrons. The number of aromatic nitrogens is 3. The second-order valence-electron chi connectivity index (χ2n) is 10.6. The SMILES string of the molecule is CC(C)CC(NC(=O)C(N)CCC(N)=O)C(=O)NC(Cc1c[nH]c2ccccc12)C(=O)NC(Cc1cnc[nH]1)C(=O)O. The number of aromatic amines is 2. The highest BCUT2D eigenvalue weighted by molar-refractivity contribution is 5.95. The fraction of sp³-hybridized carbons (Fsp3) is 0.429. The Kier molecular flexibility index (Phi) is 11.2. The summed E-state index contributed by atoms with van der Waals surface area (Å²) in [6, 6.07) is 2.84. The van der Waals surface area contributed by atoms with Gasteiger partial charge in [0.05, 0.1) is 12.4 Å². The Labute approximate surface area is 242 Å². The van der Waals surface area contributed by atoms with Gasteiger partial charge in [0.1, 0.15) is 18.1 Å². The number of nitrogens with zero attached hydrogens (tertiary/aromatic N) is 1. The number of fused-ring (bicyclic) bond motifs is 1. The quantitative estimate of drug-likeness (QED) is 0.113. The molecule has 0 radical (unpaired) electrons. The van der Waals surface area contributed by atoms with Crippen LogP contribution in [-0.2, 0) is 36.8 Å². The maximum absolute atomic E-state index is 13.5. The van der Waals surface area contributed by atoms with Crippen LogP contribution in [0.1, 0.15) is 44.4 Å². The third-order valence-corrected chi connectivity index (χ3v) is 6.70. The van der Waals surface area contributed by atoms with E-state index in [1.165, 1.54) is 12.5 Å². The number of primary amides is 1. The van der Waals surface area contributed by atoms with Crippen LogP contribution in [0.5, 0.6) is 0 Å². The largest absolute Gasteiger partial charge is 0.480 e. The van der Waals surface area contributed by atoms with Crippen LogP contribution >= 0.6 is 0 Å². The molecule has 14 heteroatoms. The standard InChI is InChI=1S/C28H38N8O6/c1-15(2)9-21(34-25(38)19(29)7-8-24(30)37)26(39)35-22(10-16-12-32-20-6-4-3-5-18(16)20)27(40)36-23(28(41)42)11-17-13-31-14-33-17/h3-6,12-15,19,21-23,32H,7-11,29H2,1-2H3,(H2,30,37)(H,31,33)(H,34,38)(H,35,39)(H,36,40)(H,41,42). The number of carboxylic acids is 1. The van der Waals surface area contributed by atoms with Crippen molar-refractivity contribution in [3.05, 3.63) is 54.2 Å². The predicted octanol–water partition coefficient (Wildman–Crippen LogP) is -0.146. The van der Waals surface area contributed by atoms with E-state index in [4.69, 9.17) is 11.5 Å². The molecule has 14 nitrogen and oxygen atoms in total. The lowest BCUT2D eigenvalue weighted by molar-refractivity contribution is -0.142. The van der Waals surface area contributed by atoms with Crippen molar-refractivity contribution in [3.8, 4) is 0 Å². The molecule has 4 amide bonds. The minimum Gasteiger partial charge on any atom is -0.480 e. The first-order chi connectivity index (χ1) is 19.9. The van der Waals surface area contributed by atoms with Gasteiger partial charge in [0.2, 0.25) is 23.6 Å². The third kappa shape index (κ3) is 9.16. The van der Waals surface area contributed by atoms with Crippen LogP contribution in [0, 0.1) is 5.92 Å². The van der Waals surface area contributed by atoms with Crippen LogP contribution in [0.2, 0.25) is 0 Å². The van der Waals surface area contributed by atoms with E-state index in [0.29, 0.717) is 5.69 Å². The molecule has 2 heterocycles. The summed E-state index contributed by atoms with van der Waals surface area (Å²) in [5.74, 6) is -3.87. The van der Waals surface area contributed by atoms with Gasteiger partial charge in [-0.2, -0.15) is 0 Å². The second kappa shape index (κ2) is 14.8. The summed E-state index contributed by atoms with van der Waals surface area (Å²) < 4.78 is 0. The molecule has 0 spiro atoms. The maximum atomic E-state index is 13.5. The molecule has 0 saturated heterocycles. The third-order valence-electron chi connectivity index (χ3n) is 6.70. The number of carbonyl (C=O) groups is 5. The van der Waals surface area contributed by atoms with E-state index in [1.54, 1.807) is 6.20 Å². The summed E-state index contributed by atoms with van der Waals surface area (Å²) in [5.41, 5.74) is 13.1. The average Bonchev–Trinajstić information content (AvgIpc) is 3.60. The summed E-state index contributed by atoms with van der Waals surface area (Å²) in [6.07, 6.45) is 4.73. The van der Waals surface area contributed by atoms with Crippen molar-refractivity contribution in [3.63, 3.8) is 0 Å². The first-order valence-electron chi connectivity index (χ1n) is 13.6. The van der Waals surface area contributed by atoms with Gasteiger partial charge < -0.3 is 42.5 Å². The summed E-state index contributed by atoms with van der Waals surface area (Å²) in [4.78, 5) is 72.7. The van der Waals surface area contributed by atoms with E-state index in [-0.39, 0.29) is 38.0 Å². The smallest absolute Gasteiger partial charge is 0.326 e. The van der Waals surface area contributed by atoms with Gasteiger partial charge in [0.15, 0.2) is 0 Å². The Morgan fingerprint density at radius 1 is 0.929 bits per heavy atom. The number of carbonyl (C=O) groups excluding carboxylic acids is 4. The van der Waals surface area contributed by atoms with Gasteiger partial charge in [-0.25, -0.2) is 9.78 Å². The molecule has 4 unspecified atom stereocenters. The first-order valence-corrected chi connectivity index (χ1v) is 13.6. The van der Waals surface area contributed by atoms with Crippen molar-refractivity contribution in [2.45, 2.75) is 70.1 Å². The van der Waals surface area contributed by atoms with Crippen molar-refractivity contribution in [2.24, 2.45) is 17.4 Å². The first kappa shape index (κ1) is 31.8. The van der Waals surface area contributed by atoms with Crippen molar-refractivity contribution in [1.29, 1.82) is 0 Å². The van der Waals surface area contributed by atoms with E-state index < -0.39 is 53.8 Å². The van der Waals surface area contributed by atoms with Crippen molar-refractivity contribution in [2.75, 3.05) is 0 Å². The summed E-state index contributed by atoms with van der Waals surface area (Å²) in [6.45, 7) is 3.73. The monoisotopic (exact) mass is 582 g/mol. The number of hydrogen-bond donors (Lipinski definition) is 8. The van der Waals surface area contributed by atoms with Crippen LogP contribution in [0.4, 0.5) is 0 Å². The summed E-state index contributed by atoms with van der Waals surface area (Å²) in [7, 11) is 0. The van der Waals surface area contributed by atoms with Crippen LogP contribution in [-0.4, -0.2) is 73.8 Å². The molecule has 0 saturated carbocycles. The summed E-state index contributed by atoms with van der Waals surface area (Å²) >= 11 is 0. The molecule has 2 aromatic heterocycles. The molecule has 0 aliphatic heterocycles. The molecule has 0 aliphatic carbocycles.